The van der Waals surface area contributed by atoms with Gasteiger partial charge in [0.2, 0.25) is 0 Å². The molecule has 1 aliphatic carbocycles. The average Bonchev–Trinajstić information content (AvgIpc) is 3.38. The van der Waals surface area contributed by atoms with E-state index in [2.05, 4.69) is 33.8 Å². The molecule has 6 nitrogen and oxygen atoms in total. The van der Waals surface area contributed by atoms with Gasteiger partial charge in [-0.25, -0.2) is 9.79 Å². The van der Waals surface area contributed by atoms with E-state index in [0.29, 0.717) is 12.5 Å². The van der Waals surface area contributed by atoms with Crippen LogP contribution in [0.3, 0.4) is 0 Å². The molecule has 0 radical (unpaired) electrons. The molecule has 0 unspecified atom stereocenters. The van der Waals surface area contributed by atoms with E-state index in [1.165, 1.54) is 24.0 Å². The lowest BCUT2D eigenvalue weighted by Gasteiger charge is -2.16. The fourth-order valence-corrected chi connectivity index (χ4v) is 3.88. The summed E-state index contributed by atoms with van der Waals surface area (Å²) in [6.07, 6.45) is 5.70. The van der Waals surface area contributed by atoms with Crippen LogP contribution in [0, 0.1) is 0 Å². The van der Waals surface area contributed by atoms with Crippen LogP contribution in [0.2, 0.25) is 0 Å². The van der Waals surface area contributed by atoms with Crippen LogP contribution in [0.15, 0.2) is 47.5 Å². The third-order valence-electron chi connectivity index (χ3n) is 5.37. The zero-order valence-electron chi connectivity index (χ0n) is 16.5. The molecule has 4 rings (SSSR count). The molecule has 2 aliphatic rings. The van der Waals surface area contributed by atoms with Crippen molar-refractivity contribution in [1.29, 1.82) is 0 Å². The van der Waals surface area contributed by atoms with Crippen molar-refractivity contribution >= 4 is 47.3 Å². The molecule has 4 N–H and O–H groups in total. The monoisotopic (exact) mass is 505 g/mol. The summed E-state index contributed by atoms with van der Waals surface area (Å²) in [4.78, 5) is 18.5. The summed E-state index contributed by atoms with van der Waals surface area (Å²) in [6, 6.07) is 14.1. The Kier molecular flexibility index (Phi) is 7.35. The SMILES string of the molecule is I.NC(=NCc1cccc(NC(=O)N2CCCC2)c1)Nc1ccc2c(c1)CCC2. The Morgan fingerprint density at radius 3 is 2.55 bits per heavy atom. The van der Waals surface area contributed by atoms with Gasteiger partial charge in [-0.05, 0) is 73.1 Å². The number of anilines is 2. The van der Waals surface area contributed by atoms with Crippen molar-refractivity contribution in [3.8, 4) is 0 Å². The second kappa shape index (κ2) is 9.96. The van der Waals surface area contributed by atoms with Crippen LogP contribution in [0.5, 0.6) is 0 Å². The average molecular weight is 505 g/mol. The van der Waals surface area contributed by atoms with Crippen molar-refractivity contribution in [3.05, 3.63) is 59.2 Å². The summed E-state index contributed by atoms with van der Waals surface area (Å²) in [6.45, 7) is 2.12. The zero-order valence-corrected chi connectivity index (χ0v) is 18.8. The number of nitrogens with two attached hydrogens (primary N) is 1. The highest BCUT2D eigenvalue weighted by Crippen LogP contribution is 2.24. The van der Waals surface area contributed by atoms with Crippen molar-refractivity contribution in [2.75, 3.05) is 23.7 Å². The molecule has 2 aromatic rings. The molecule has 0 bridgehead atoms. The van der Waals surface area contributed by atoms with E-state index in [1.807, 2.05) is 29.2 Å². The molecular formula is C22H28IN5O. The van der Waals surface area contributed by atoms with Crippen LogP contribution in [-0.4, -0.2) is 30.0 Å². The molecule has 0 aromatic heterocycles. The number of aryl methyl sites for hydroxylation is 2. The van der Waals surface area contributed by atoms with Gasteiger partial charge in [0.15, 0.2) is 5.96 Å². The van der Waals surface area contributed by atoms with Gasteiger partial charge >= 0.3 is 6.03 Å². The van der Waals surface area contributed by atoms with E-state index in [4.69, 9.17) is 5.73 Å². The Balaban J connectivity index is 0.00000240. The Labute approximate surface area is 189 Å². The number of aliphatic imine (C=N–C) groups is 1. The predicted octanol–water partition coefficient (Wildman–Crippen LogP) is 4.35. The van der Waals surface area contributed by atoms with Gasteiger partial charge in [0, 0.05) is 24.5 Å². The van der Waals surface area contributed by atoms with E-state index in [9.17, 15) is 4.79 Å². The highest BCUT2D eigenvalue weighted by Gasteiger charge is 2.17. The molecular weight excluding hydrogens is 477 g/mol. The lowest BCUT2D eigenvalue weighted by molar-refractivity contribution is 0.222. The van der Waals surface area contributed by atoms with Crippen LogP contribution in [0.25, 0.3) is 0 Å². The van der Waals surface area contributed by atoms with Gasteiger partial charge in [-0.1, -0.05) is 18.2 Å². The number of carbonyl (C=O) groups is 1. The molecule has 29 heavy (non-hydrogen) atoms. The lowest BCUT2D eigenvalue weighted by Crippen LogP contribution is -2.32. The Hall–Kier alpha value is -2.29. The number of urea groups is 1. The van der Waals surface area contributed by atoms with Gasteiger partial charge in [0.1, 0.15) is 0 Å². The minimum absolute atomic E-state index is 0. The first-order chi connectivity index (χ1) is 13.7. The van der Waals surface area contributed by atoms with Gasteiger partial charge in [-0.15, -0.1) is 24.0 Å². The molecule has 1 heterocycles. The number of guanidine groups is 1. The minimum Gasteiger partial charge on any atom is -0.370 e. The fourth-order valence-electron chi connectivity index (χ4n) is 3.88. The van der Waals surface area contributed by atoms with Crippen molar-refractivity contribution in [3.63, 3.8) is 0 Å². The maximum atomic E-state index is 12.2. The van der Waals surface area contributed by atoms with E-state index in [1.54, 1.807) is 0 Å². The number of benzene rings is 2. The quantitative estimate of drug-likeness (QED) is 0.328. The number of nitrogens with one attached hydrogen (secondary N) is 2. The van der Waals surface area contributed by atoms with E-state index in [-0.39, 0.29) is 30.0 Å². The van der Waals surface area contributed by atoms with Gasteiger partial charge in [-0.2, -0.15) is 0 Å². The number of rotatable bonds is 4. The zero-order chi connectivity index (χ0) is 19.3. The Morgan fingerprint density at radius 2 is 1.72 bits per heavy atom. The normalized spacial score (nSPS) is 15.6. The first-order valence-corrected chi connectivity index (χ1v) is 10.0. The Morgan fingerprint density at radius 1 is 0.966 bits per heavy atom. The number of carbonyl (C=O) groups excluding carboxylic acids is 1. The first-order valence-electron chi connectivity index (χ1n) is 10.0. The third kappa shape index (κ3) is 5.62. The van der Waals surface area contributed by atoms with Crippen molar-refractivity contribution < 1.29 is 4.79 Å². The van der Waals surface area contributed by atoms with Crippen LogP contribution in [0.1, 0.15) is 36.0 Å². The molecule has 1 fully saturated rings. The van der Waals surface area contributed by atoms with Gasteiger partial charge < -0.3 is 21.3 Å². The summed E-state index contributed by atoms with van der Waals surface area (Å²) in [7, 11) is 0. The Bertz CT molecular complexity index is 893. The van der Waals surface area contributed by atoms with E-state index < -0.39 is 0 Å². The predicted molar refractivity (Wildman–Crippen MR) is 129 cm³/mol. The summed E-state index contributed by atoms with van der Waals surface area (Å²) in [5, 5.41) is 6.14. The third-order valence-corrected chi connectivity index (χ3v) is 5.37. The standard InChI is InChI=1S/C22H27N5O.HI/c23-21(25-20-10-9-17-6-4-7-18(17)14-20)24-15-16-5-3-8-19(13-16)26-22(28)27-11-1-2-12-27;/h3,5,8-10,13-14H,1-2,4,6-7,11-12,15H2,(H,26,28)(H3,23,24,25);1H. The highest BCUT2D eigenvalue weighted by atomic mass is 127. The van der Waals surface area contributed by atoms with Crippen molar-refractivity contribution in [2.45, 2.75) is 38.6 Å². The maximum absolute atomic E-state index is 12.2. The van der Waals surface area contributed by atoms with Gasteiger partial charge in [0.25, 0.3) is 0 Å². The first kappa shape index (κ1) is 21.4. The summed E-state index contributed by atoms with van der Waals surface area (Å²) in [5.41, 5.74) is 11.7. The molecule has 0 spiro atoms. The highest BCUT2D eigenvalue weighted by molar-refractivity contribution is 14.0. The molecule has 2 amide bonds. The largest absolute Gasteiger partial charge is 0.370 e. The van der Waals surface area contributed by atoms with Crippen molar-refractivity contribution in [1.82, 2.24) is 4.90 Å². The van der Waals surface area contributed by atoms with Crippen LogP contribution < -0.4 is 16.4 Å². The smallest absolute Gasteiger partial charge is 0.321 e. The summed E-state index contributed by atoms with van der Waals surface area (Å²) >= 11 is 0. The van der Waals surface area contributed by atoms with Crippen LogP contribution in [0.4, 0.5) is 16.2 Å². The summed E-state index contributed by atoms with van der Waals surface area (Å²) in [5.74, 6) is 0.393. The molecule has 1 aliphatic heterocycles. The van der Waals surface area contributed by atoms with E-state index in [0.717, 1.165) is 49.3 Å². The molecule has 7 heteroatoms. The van der Waals surface area contributed by atoms with E-state index >= 15 is 0 Å². The maximum Gasteiger partial charge on any atom is 0.321 e. The second-order valence-electron chi connectivity index (χ2n) is 7.49. The number of hydrogen-bond donors (Lipinski definition) is 3. The number of likely N-dealkylation sites (tertiary alicyclic amines) is 1. The topological polar surface area (TPSA) is 82.7 Å². The number of nitrogens with zero attached hydrogens (tertiary/aromatic N) is 2. The molecule has 154 valence electrons. The lowest BCUT2D eigenvalue weighted by atomic mass is 10.1. The fraction of sp³-hybridized carbons (Fsp3) is 0.364. The number of fused-ring (bicyclic) bond motifs is 1. The van der Waals surface area contributed by atoms with Crippen LogP contribution in [-0.2, 0) is 19.4 Å². The van der Waals surface area contributed by atoms with Crippen molar-refractivity contribution in [2.24, 2.45) is 10.7 Å². The van der Waals surface area contributed by atoms with Gasteiger partial charge in [-0.3, -0.25) is 0 Å². The number of amides is 2. The minimum atomic E-state index is -0.0315. The molecule has 1 saturated heterocycles. The van der Waals surface area contributed by atoms with Gasteiger partial charge in [0.05, 0.1) is 6.54 Å². The molecule has 0 saturated carbocycles. The van der Waals surface area contributed by atoms with Crippen LogP contribution >= 0.6 is 24.0 Å². The molecule has 2 aromatic carbocycles. The molecule has 0 atom stereocenters. The second-order valence-corrected chi connectivity index (χ2v) is 7.49. The number of hydrogen-bond acceptors (Lipinski definition) is 2. The number of halogens is 1. The summed E-state index contributed by atoms with van der Waals surface area (Å²) < 4.78 is 0.